The van der Waals surface area contributed by atoms with Gasteiger partial charge in [0.2, 0.25) is 0 Å². The molecule has 14 heavy (non-hydrogen) atoms. The largest absolute Gasteiger partial charge is 1.00 e. The van der Waals surface area contributed by atoms with Gasteiger partial charge in [0.25, 0.3) is 0 Å². The van der Waals surface area contributed by atoms with Crippen molar-refractivity contribution in [2.24, 2.45) is 0 Å². The Morgan fingerprint density at radius 3 is 2.36 bits per heavy atom. The molecular weight excluding hydrogens is 192 g/mol. The molecule has 0 aromatic heterocycles. The third kappa shape index (κ3) is 3.09. The molecule has 0 unspecified atom stereocenters. The minimum Gasteiger partial charge on any atom is -1.00 e. The molecule has 0 bridgehead atoms. The van der Waals surface area contributed by atoms with E-state index in [1.807, 2.05) is 0 Å². The molecule has 0 fully saturated rings. The molecule has 0 aliphatic heterocycles. The average Bonchev–Trinajstić information content (AvgIpc) is 2.03. The van der Waals surface area contributed by atoms with Crippen molar-refractivity contribution < 1.29 is 43.4 Å². The van der Waals surface area contributed by atoms with Crippen molar-refractivity contribution in [2.45, 2.75) is 6.18 Å². The summed E-state index contributed by atoms with van der Waals surface area (Å²) in [6, 6.07) is 3.60. The van der Waals surface area contributed by atoms with Gasteiger partial charge in [-0.2, -0.15) is 13.2 Å². The van der Waals surface area contributed by atoms with Crippen LogP contribution in [0.1, 0.15) is 17.3 Å². The molecule has 0 saturated heterocycles. The summed E-state index contributed by atoms with van der Waals surface area (Å²) >= 11 is 0. The van der Waals surface area contributed by atoms with Crippen LogP contribution >= 0.6 is 0 Å². The van der Waals surface area contributed by atoms with Crippen molar-refractivity contribution in [1.82, 2.24) is 0 Å². The maximum absolute atomic E-state index is 12.0. The maximum Gasteiger partial charge on any atom is 1.00 e. The summed E-state index contributed by atoms with van der Waals surface area (Å²) in [5, 5.41) is 8.41. The van der Waals surface area contributed by atoms with E-state index in [0.717, 1.165) is 18.2 Å². The Balaban J connectivity index is 0. The van der Waals surface area contributed by atoms with Crippen LogP contribution in [0.25, 0.3) is 0 Å². The monoisotopic (exact) mass is 198 g/mol. The summed E-state index contributed by atoms with van der Waals surface area (Å²) in [6.07, 6.45) is -4.49. The minimum absolute atomic E-state index is 0. The zero-order valence-corrected chi connectivity index (χ0v) is 7.30. The Bertz CT molecular complexity index is 341. The number of carboxylic acid groups (broad SMARTS) is 1. The fraction of sp³-hybridized carbons (Fsp3) is 0.125. The molecule has 0 radical (unpaired) electrons. The number of aromatic carboxylic acids is 1. The number of benzene rings is 1. The van der Waals surface area contributed by atoms with Crippen LogP contribution in [-0.2, 0) is 6.18 Å². The minimum atomic E-state index is -4.49. The second kappa shape index (κ2) is 4.54. The summed E-state index contributed by atoms with van der Waals surface area (Å²) in [4.78, 5) is 10.3. The molecule has 2 nitrogen and oxygen atoms in total. The third-order valence-electron chi connectivity index (χ3n) is 1.44. The second-order valence-electron chi connectivity index (χ2n) is 2.38. The van der Waals surface area contributed by atoms with E-state index >= 15 is 0 Å². The second-order valence-corrected chi connectivity index (χ2v) is 2.38. The van der Waals surface area contributed by atoms with Gasteiger partial charge in [0.05, 0.1) is 11.1 Å². The van der Waals surface area contributed by atoms with Crippen LogP contribution in [0.5, 0.6) is 0 Å². The molecule has 1 aromatic carbocycles. The van der Waals surface area contributed by atoms with Gasteiger partial charge >= 0.3 is 31.0 Å². The Kier molecular flexibility index (Phi) is 4.24. The van der Waals surface area contributed by atoms with E-state index in [4.69, 9.17) is 5.11 Å². The van der Waals surface area contributed by atoms with Gasteiger partial charge in [-0.05, 0) is 18.2 Å². The quantitative estimate of drug-likeness (QED) is 0.619. The first-order chi connectivity index (χ1) is 5.91. The van der Waals surface area contributed by atoms with Crippen LogP contribution in [0.3, 0.4) is 0 Å². The van der Waals surface area contributed by atoms with Gasteiger partial charge in [-0.25, -0.2) is 4.79 Å². The number of carbonyl (C=O) groups is 1. The third-order valence-corrected chi connectivity index (χ3v) is 1.44. The van der Waals surface area contributed by atoms with Gasteiger partial charge in [-0.1, -0.05) is 6.07 Å². The molecule has 1 rings (SSSR count). The Labute approximate surface area is 91.4 Å². The molecule has 0 spiro atoms. The van der Waals surface area contributed by atoms with E-state index in [9.17, 15) is 18.0 Å². The van der Waals surface area contributed by atoms with Crippen LogP contribution < -0.4 is 18.9 Å². The maximum atomic E-state index is 12.0. The van der Waals surface area contributed by atoms with Crippen LogP contribution in [0, 0.1) is 0 Å². The van der Waals surface area contributed by atoms with Crippen LogP contribution in [0.4, 0.5) is 13.2 Å². The Hall–Kier alpha value is -0.923. The molecule has 0 amide bonds. The number of carboxylic acids is 1. The molecule has 6 heteroatoms. The zero-order chi connectivity index (χ0) is 10.1. The van der Waals surface area contributed by atoms with Crippen LogP contribution in [0.15, 0.2) is 24.3 Å². The van der Waals surface area contributed by atoms with E-state index in [-0.39, 0.29) is 25.9 Å². The standard InChI is InChI=1S/C8H5F3O2.Li.H/c9-8(10,11)6-3-1-2-5(4-6)7(12)13;;/h1-4H,(H,12,13);;/q;+1;-1. The first-order valence-corrected chi connectivity index (χ1v) is 3.32. The van der Waals surface area contributed by atoms with Gasteiger partial charge in [-0.15, -0.1) is 0 Å². The van der Waals surface area contributed by atoms with Gasteiger partial charge in [0.15, 0.2) is 0 Å². The fourth-order valence-electron chi connectivity index (χ4n) is 0.829. The summed E-state index contributed by atoms with van der Waals surface area (Å²) in [7, 11) is 0. The first kappa shape index (κ1) is 13.1. The van der Waals surface area contributed by atoms with Crippen molar-refractivity contribution in [3.63, 3.8) is 0 Å². The molecule has 0 heterocycles. The molecule has 0 aliphatic carbocycles. The molecule has 0 atom stereocenters. The van der Waals surface area contributed by atoms with E-state index < -0.39 is 17.7 Å². The summed E-state index contributed by atoms with van der Waals surface area (Å²) in [6.45, 7) is 0. The van der Waals surface area contributed by atoms with Crippen molar-refractivity contribution in [3.8, 4) is 0 Å². The van der Waals surface area contributed by atoms with Gasteiger partial charge < -0.3 is 6.53 Å². The predicted octanol–water partition coefficient (Wildman–Crippen LogP) is -0.480. The number of halogens is 3. The van der Waals surface area contributed by atoms with Crippen molar-refractivity contribution in [1.29, 1.82) is 0 Å². The fourth-order valence-corrected chi connectivity index (χ4v) is 0.829. The molecule has 1 aromatic rings. The van der Waals surface area contributed by atoms with Gasteiger partial charge in [0.1, 0.15) is 0 Å². The molecule has 1 N–H and O–H groups in total. The number of hydrogen-bond acceptors (Lipinski definition) is 1. The van der Waals surface area contributed by atoms with Crippen molar-refractivity contribution in [3.05, 3.63) is 35.4 Å². The number of alkyl halides is 3. The van der Waals surface area contributed by atoms with E-state index in [2.05, 4.69) is 0 Å². The van der Waals surface area contributed by atoms with Gasteiger partial charge in [-0.3, -0.25) is 0 Å². The zero-order valence-electron chi connectivity index (χ0n) is 8.30. The molecule has 0 saturated carbocycles. The normalized spacial score (nSPS) is 10.5. The Morgan fingerprint density at radius 2 is 1.93 bits per heavy atom. The van der Waals surface area contributed by atoms with E-state index in [0.29, 0.717) is 6.07 Å². The van der Waals surface area contributed by atoms with E-state index in [1.54, 1.807) is 0 Å². The SMILES string of the molecule is O=C(O)c1cccc(C(F)(F)F)c1.[H-].[Li+]. The number of hydrogen-bond donors (Lipinski definition) is 1. The number of rotatable bonds is 1. The van der Waals surface area contributed by atoms with Crippen molar-refractivity contribution >= 4 is 5.97 Å². The van der Waals surface area contributed by atoms with Crippen LogP contribution in [0.2, 0.25) is 0 Å². The van der Waals surface area contributed by atoms with Crippen molar-refractivity contribution in [2.75, 3.05) is 0 Å². The van der Waals surface area contributed by atoms with Crippen LogP contribution in [-0.4, -0.2) is 11.1 Å². The predicted molar refractivity (Wildman–Crippen MR) is 39.5 cm³/mol. The molecular formula is C8H6F3LiO2. The van der Waals surface area contributed by atoms with E-state index in [1.165, 1.54) is 0 Å². The van der Waals surface area contributed by atoms with Gasteiger partial charge in [0, 0.05) is 0 Å². The average molecular weight is 198 g/mol. The smallest absolute Gasteiger partial charge is 1.00 e. The Morgan fingerprint density at radius 1 is 1.36 bits per heavy atom. The molecule has 72 valence electrons. The first-order valence-electron chi connectivity index (χ1n) is 3.32. The molecule has 0 aliphatic rings. The topological polar surface area (TPSA) is 37.3 Å². The summed E-state index contributed by atoms with van der Waals surface area (Å²) < 4.78 is 36.1. The summed E-state index contributed by atoms with van der Waals surface area (Å²) in [5.41, 5.74) is -1.32. The summed E-state index contributed by atoms with van der Waals surface area (Å²) in [5.74, 6) is -1.37.